The zero-order chi connectivity index (χ0) is 14.3. The summed E-state index contributed by atoms with van der Waals surface area (Å²) in [6.07, 6.45) is -0.977. The van der Waals surface area contributed by atoms with Crippen LogP contribution in [0.25, 0.3) is 0 Å². The average Bonchev–Trinajstić information content (AvgIpc) is 2.45. The molecule has 6 heteroatoms. The van der Waals surface area contributed by atoms with Crippen molar-refractivity contribution >= 4 is 5.91 Å². The van der Waals surface area contributed by atoms with E-state index in [0.717, 1.165) is 0 Å². The maximum Gasteiger partial charge on any atom is 0.254 e. The Morgan fingerprint density at radius 2 is 1.89 bits per heavy atom. The molecule has 102 valence electrons. The van der Waals surface area contributed by atoms with Crippen molar-refractivity contribution in [3.8, 4) is 17.6 Å². The molecule has 1 aromatic carbocycles. The number of nitriles is 1. The fourth-order valence-electron chi connectivity index (χ4n) is 1.42. The summed E-state index contributed by atoms with van der Waals surface area (Å²) in [7, 11) is 2.99. The fourth-order valence-corrected chi connectivity index (χ4v) is 1.42. The van der Waals surface area contributed by atoms with E-state index in [4.69, 9.17) is 19.5 Å². The third-order valence-electron chi connectivity index (χ3n) is 2.33. The quantitative estimate of drug-likeness (QED) is 0.784. The first-order valence-electron chi connectivity index (χ1n) is 5.69. The Morgan fingerprint density at radius 3 is 2.32 bits per heavy atom. The number of rotatable bonds is 6. The first-order chi connectivity index (χ1) is 9.14. The normalized spacial score (nSPS) is 11.3. The Balaban J connectivity index is 2.89. The van der Waals surface area contributed by atoms with Crippen LogP contribution in [0, 0.1) is 11.3 Å². The van der Waals surface area contributed by atoms with Gasteiger partial charge in [-0.05, 0) is 19.1 Å². The van der Waals surface area contributed by atoms with E-state index in [1.165, 1.54) is 14.2 Å². The largest absolute Gasteiger partial charge is 0.497 e. The highest BCUT2D eigenvalue weighted by Crippen LogP contribution is 2.22. The molecule has 0 spiro atoms. The van der Waals surface area contributed by atoms with E-state index in [-0.39, 0.29) is 0 Å². The van der Waals surface area contributed by atoms with Gasteiger partial charge in [0, 0.05) is 18.2 Å². The van der Waals surface area contributed by atoms with Crippen LogP contribution >= 0.6 is 0 Å². The van der Waals surface area contributed by atoms with Crippen molar-refractivity contribution in [3.05, 3.63) is 23.8 Å². The maximum absolute atomic E-state index is 12.0. The van der Waals surface area contributed by atoms with Crippen molar-refractivity contribution in [2.75, 3.05) is 20.8 Å². The van der Waals surface area contributed by atoms with Gasteiger partial charge in [-0.15, -0.1) is 0 Å². The van der Waals surface area contributed by atoms with Crippen molar-refractivity contribution in [1.29, 1.82) is 5.26 Å². The van der Waals surface area contributed by atoms with Gasteiger partial charge >= 0.3 is 0 Å². The molecule has 1 aromatic rings. The van der Waals surface area contributed by atoms with Crippen molar-refractivity contribution in [3.63, 3.8) is 0 Å². The van der Waals surface area contributed by atoms with Crippen molar-refractivity contribution < 1.29 is 19.0 Å². The molecule has 19 heavy (non-hydrogen) atoms. The molecule has 1 N–H and O–H groups in total. The summed E-state index contributed by atoms with van der Waals surface area (Å²) in [6, 6.07) is 6.61. The number of methoxy groups -OCH3 is 2. The number of nitrogens with zero attached hydrogens (tertiary/aromatic N) is 1. The number of hydrogen-bond acceptors (Lipinski definition) is 5. The number of carbonyl (C=O) groups excluding carboxylic acids is 1. The van der Waals surface area contributed by atoms with E-state index in [2.05, 4.69) is 5.32 Å². The molecule has 0 heterocycles. The number of benzene rings is 1. The highest BCUT2D eigenvalue weighted by Gasteiger charge is 2.14. The summed E-state index contributed by atoms with van der Waals surface area (Å²) >= 11 is 0. The first kappa shape index (κ1) is 14.8. The minimum absolute atomic E-state index is 0.330. The van der Waals surface area contributed by atoms with E-state index < -0.39 is 12.1 Å². The van der Waals surface area contributed by atoms with Crippen LogP contribution in [0.3, 0.4) is 0 Å². The molecule has 0 fully saturated rings. The molecular formula is C13H16N2O4. The Bertz CT molecular complexity index is 460. The minimum Gasteiger partial charge on any atom is -0.497 e. The van der Waals surface area contributed by atoms with Gasteiger partial charge in [-0.3, -0.25) is 4.79 Å². The van der Waals surface area contributed by atoms with Crippen LogP contribution in [0.15, 0.2) is 18.2 Å². The van der Waals surface area contributed by atoms with Gasteiger partial charge in [0.25, 0.3) is 5.91 Å². The fraction of sp³-hybridized carbons (Fsp3) is 0.385. The van der Waals surface area contributed by atoms with Gasteiger partial charge in [-0.1, -0.05) is 0 Å². The number of ether oxygens (including phenoxy) is 3. The molecular weight excluding hydrogens is 248 g/mol. The Labute approximate surface area is 111 Å². The standard InChI is InChI=1S/C13H16N2O4/c1-4-19-12(8-14)15-13(16)9-5-10(17-2)7-11(6-9)18-3/h5-7,12H,4H2,1-3H3,(H,15,16). The third kappa shape index (κ3) is 4.16. The third-order valence-corrected chi connectivity index (χ3v) is 2.33. The zero-order valence-corrected chi connectivity index (χ0v) is 11.1. The van der Waals surface area contributed by atoms with E-state index >= 15 is 0 Å². The molecule has 1 unspecified atom stereocenters. The number of carbonyl (C=O) groups is 1. The van der Waals surface area contributed by atoms with Gasteiger partial charge in [-0.25, -0.2) is 0 Å². The monoisotopic (exact) mass is 264 g/mol. The van der Waals surface area contributed by atoms with Crippen molar-refractivity contribution in [2.45, 2.75) is 13.2 Å². The van der Waals surface area contributed by atoms with Gasteiger partial charge in [0.2, 0.25) is 6.23 Å². The van der Waals surface area contributed by atoms with Gasteiger partial charge in [-0.2, -0.15) is 5.26 Å². The molecule has 1 rings (SSSR count). The second kappa shape index (κ2) is 7.24. The minimum atomic E-state index is -0.977. The van der Waals surface area contributed by atoms with Crippen LogP contribution in [0.4, 0.5) is 0 Å². The van der Waals surface area contributed by atoms with Crippen LogP contribution in [0.5, 0.6) is 11.5 Å². The van der Waals surface area contributed by atoms with Gasteiger partial charge in [0.15, 0.2) is 0 Å². The lowest BCUT2D eigenvalue weighted by Gasteiger charge is -2.12. The van der Waals surface area contributed by atoms with Gasteiger partial charge < -0.3 is 19.5 Å². The molecule has 0 saturated heterocycles. The number of amides is 1. The predicted molar refractivity (Wildman–Crippen MR) is 68.0 cm³/mol. The summed E-state index contributed by atoms with van der Waals surface area (Å²) in [5, 5.41) is 11.3. The van der Waals surface area contributed by atoms with Crippen molar-refractivity contribution in [1.82, 2.24) is 5.32 Å². The van der Waals surface area contributed by atoms with E-state index in [1.807, 2.05) is 6.07 Å². The van der Waals surface area contributed by atoms with E-state index in [1.54, 1.807) is 25.1 Å². The zero-order valence-electron chi connectivity index (χ0n) is 11.1. The molecule has 6 nitrogen and oxygen atoms in total. The summed E-state index contributed by atoms with van der Waals surface area (Å²) < 4.78 is 15.2. The Morgan fingerprint density at radius 1 is 1.32 bits per heavy atom. The topological polar surface area (TPSA) is 80.6 Å². The maximum atomic E-state index is 12.0. The van der Waals surface area contributed by atoms with Gasteiger partial charge in [0.05, 0.1) is 14.2 Å². The number of nitrogens with one attached hydrogen (secondary N) is 1. The van der Waals surface area contributed by atoms with Gasteiger partial charge in [0.1, 0.15) is 17.6 Å². The lowest BCUT2D eigenvalue weighted by atomic mass is 10.2. The molecule has 0 aromatic heterocycles. The second-order valence-corrected chi connectivity index (χ2v) is 3.54. The lowest BCUT2D eigenvalue weighted by molar-refractivity contribution is 0.0614. The van der Waals surface area contributed by atoms with Crippen LogP contribution < -0.4 is 14.8 Å². The highest BCUT2D eigenvalue weighted by atomic mass is 16.5. The van der Waals surface area contributed by atoms with Crippen LogP contribution in [0.2, 0.25) is 0 Å². The highest BCUT2D eigenvalue weighted by molar-refractivity contribution is 5.95. The summed E-state index contributed by atoms with van der Waals surface area (Å²) in [6.45, 7) is 2.07. The van der Waals surface area contributed by atoms with Crippen LogP contribution in [0.1, 0.15) is 17.3 Å². The molecule has 1 amide bonds. The van der Waals surface area contributed by atoms with Crippen LogP contribution in [-0.2, 0) is 4.74 Å². The molecule has 1 atom stereocenters. The Hall–Kier alpha value is -2.26. The summed E-state index contributed by atoms with van der Waals surface area (Å²) in [4.78, 5) is 12.0. The second-order valence-electron chi connectivity index (χ2n) is 3.54. The molecule has 0 aliphatic rings. The van der Waals surface area contributed by atoms with Crippen LogP contribution in [-0.4, -0.2) is 33.0 Å². The van der Waals surface area contributed by atoms with E-state index in [0.29, 0.717) is 23.7 Å². The molecule has 0 saturated carbocycles. The predicted octanol–water partition coefficient (Wildman–Crippen LogP) is 1.32. The van der Waals surface area contributed by atoms with Crippen molar-refractivity contribution in [2.24, 2.45) is 0 Å². The molecule has 0 bridgehead atoms. The SMILES string of the molecule is CCOC(C#N)NC(=O)c1cc(OC)cc(OC)c1. The number of hydrogen-bond donors (Lipinski definition) is 1. The summed E-state index contributed by atoms with van der Waals surface area (Å²) in [5.74, 6) is 0.557. The Kier molecular flexibility index (Phi) is 5.64. The smallest absolute Gasteiger partial charge is 0.254 e. The van der Waals surface area contributed by atoms with E-state index in [9.17, 15) is 4.79 Å². The lowest BCUT2D eigenvalue weighted by Crippen LogP contribution is -2.35. The molecule has 0 aliphatic heterocycles. The molecule has 0 radical (unpaired) electrons. The average molecular weight is 264 g/mol. The molecule has 0 aliphatic carbocycles. The first-order valence-corrected chi connectivity index (χ1v) is 5.69. The summed E-state index contributed by atoms with van der Waals surface area (Å²) in [5.41, 5.74) is 0.330.